The van der Waals surface area contributed by atoms with Crippen molar-refractivity contribution in [2.75, 3.05) is 48.8 Å². The summed E-state index contributed by atoms with van der Waals surface area (Å²) in [5.74, 6) is -0.943. The molecule has 0 unspecified atom stereocenters. The largest absolute Gasteiger partial charge is 0.420 e. The summed E-state index contributed by atoms with van der Waals surface area (Å²) in [7, 11) is -3.93. The van der Waals surface area contributed by atoms with Crippen molar-refractivity contribution in [2.45, 2.75) is 56.4 Å². The van der Waals surface area contributed by atoms with Gasteiger partial charge in [-0.05, 0) is 50.1 Å². The van der Waals surface area contributed by atoms with E-state index in [0.29, 0.717) is 41.7 Å². The van der Waals surface area contributed by atoms with Crippen LogP contribution in [-0.4, -0.2) is 85.9 Å². The number of sulfone groups is 1. The molecular formula is C29H33F3N6O4S2. The summed E-state index contributed by atoms with van der Waals surface area (Å²) in [6, 6.07) is 7.40. The van der Waals surface area contributed by atoms with Crippen molar-refractivity contribution in [3.05, 3.63) is 46.5 Å². The summed E-state index contributed by atoms with van der Waals surface area (Å²) in [5.41, 5.74) is 1.02. The van der Waals surface area contributed by atoms with E-state index in [-0.39, 0.29) is 52.2 Å². The Hall–Kier alpha value is -3.27. The fraction of sp³-hybridized carbons (Fsp3) is 0.483. The summed E-state index contributed by atoms with van der Waals surface area (Å²) in [4.78, 5) is 24.9. The number of aryl methyl sites for hydroxylation is 1. The van der Waals surface area contributed by atoms with Crippen molar-refractivity contribution in [3.63, 3.8) is 0 Å². The van der Waals surface area contributed by atoms with Crippen LogP contribution in [0.25, 0.3) is 10.6 Å². The number of aromatic nitrogens is 2. The third-order valence-electron chi connectivity index (χ3n) is 8.12. The molecule has 0 aliphatic carbocycles. The van der Waals surface area contributed by atoms with Crippen LogP contribution in [0.3, 0.4) is 0 Å². The zero-order valence-electron chi connectivity index (χ0n) is 24.4. The highest BCUT2D eigenvalue weighted by molar-refractivity contribution is 7.91. The maximum absolute atomic E-state index is 14.2. The number of benzene rings is 1. The van der Waals surface area contributed by atoms with E-state index < -0.39 is 33.2 Å². The first-order valence-corrected chi connectivity index (χ1v) is 16.9. The van der Waals surface area contributed by atoms with Gasteiger partial charge in [-0.25, -0.2) is 18.4 Å². The number of amides is 1. The number of carbonyl (C=O) groups excluding carboxylic acids is 1. The summed E-state index contributed by atoms with van der Waals surface area (Å²) in [6.45, 7) is 8.51. The van der Waals surface area contributed by atoms with Crippen LogP contribution in [0.5, 0.6) is 0 Å². The molecule has 2 saturated heterocycles. The predicted octanol–water partition coefficient (Wildman–Crippen LogP) is 4.34. The van der Waals surface area contributed by atoms with Gasteiger partial charge in [-0.15, -0.1) is 11.3 Å². The first kappa shape index (κ1) is 30.7. The van der Waals surface area contributed by atoms with Crippen LogP contribution < -0.4 is 15.5 Å². The number of hydrogen-bond acceptors (Lipinski definition) is 10. The average molecular weight is 651 g/mol. The van der Waals surface area contributed by atoms with Gasteiger partial charge in [-0.3, -0.25) is 4.79 Å². The summed E-state index contributed by atoms with van der Waals surface area (Å²) >= 11 is 0.699. The lowest BCUT2D eigenvalue weighted by Gasteiger charge is -2.38. The Labute approximate surface area is 257 Å². The Balaban J connectivity index is 1.36. The highest BCUT2D eigenvalue weighted by Gasteiger charge is 2.41. The van der Waals surface area contributed by atoms with Gasteiger partial charge in [0.15, 0.2) is 9.84 Å². The van der Waals surface area contributed by atoms with Gasteiger partial charge in [-0.2, -0.15) is 13.2 Å². The van der Waals surface area contributed by atoms with Crippen molar-refractivity contribution < 1.29 is 31.1 Å². The lowest BCUT2D eigenvalue weighted by Crippen LogP contribution is -2.54. The number of nitrogens with one attached hydrogen (secondary N) is 2. The molecule has 0 saturated carbocycles. The van der Waals surface area contributed by atoms with Crippen LogP contribution >= 0.6 is 11.3 Å². The number of thiophene rings is 1. The number of carbonyl (C=O) groups is 1. The third-order valence-corrected chi connectivity index (χ3v) is 11.1. The standard InChI is InChI=1S/C29H33F3N6O4S2/c1-4-18-9-19(37-12-16(2)34-17(3)13-37)5-6-22(18)35-28-33-11-21(29(30,31)32)25(36-28)23-10-24-26(43-23)27(39)38(20-14-42-15-20)7-8-44(24,40)41/h5-6,9-11,16-17,20,34H,4,7-8,12-15H2,1-3H3,(H,33,35,36)/t16-,17-/m0/s1. The lowest BCUT2D eigenvalue weighted by molar-refractivity contribution is -0.137. The van der Waals surface area contributed by atoms with Crippen LogP contribution in [0, 0.1) is 0 Å². The van der Waals surface area contributed by atoms with E-state index in [1.807, 2.05) is 19.1 Å². The zero-order chi connectivity index (χ0) is 31.4. The monoisotopic (exact) mass is 650 g/mol. The first-order valence-electron chi connectivity index (χ1n) is 14.4. The number of fused-ring (bicyclic) bond motifs is 1. The Kier molecular flexibility index (Phi) is 8.09. The van der Waals surface area contributed by atoms with E-state index in [1.165, 1.54) is 4.90 Å². The highest BCUT2D eigenvalue weighted by atomic mass is 32.2. The molecule has 2 aromatic heterocycles. The lowest BCUT2D eigenvalue weighted by atomic mass is 10.1. The molecular weight excluding hydrogens is 617 g/mol. The van der Waals surface area contributed by atoms with Crippen LogP contribution in [0.1, 0.15) is 41.6 Å². The second-order valence-corrected chi connectivity index (χ2v) is 14.6. The molecule has 1 aromatic carbocycles. The minimum absolute atomic E-state index is 0.00739. The van der Waals surface area contributed by atoms with Crippen molar-refractivity contribution in [1.82, 2.24) is 20.2 Å². The Morgan fingerprint density at radius 2 is 1.89 bits per heavy atom. The second-order valence-electron chi connectivity index (χ2n) is 11.5. The molecule has 1 amide bonds. The molecule has 6 rings (SSSR count). The minimum atomic E-state index is -4.82. The Bertz CT molecular complexity index is 1680. The van der Waals surface area contributed by atoms with Crippen LogP contribution in [0.2, 0.25) is 0 Å². The SMILES string of the molecule is CCc1cc(N2C[C@H](C)N[C@@H](C)C2)ccc1Nc1ncc(C(F)(F)F)c(-c2cc3c(s2)C(=O)N(C2COC2)CCS3(=O)=O)n1. The maximum atomic E-state index is 14.2. The van der Waals surface area contributed by atoms with Gasteiger partial charge in [0.1, 0.15) is 10.4 Å². The van der Waals surface area contributed by atoms with Gasteiger partial charge >= 0.3 is 6.18 Å². The fourth-order valence-electron chi connectivity index (χ4n) is 5.87. The summed E-state index contributed by atoms with van der Waals surface area (Å²) < 4.78 is 73.9. The van der Waals surface area contributed by atoms with Crippen molar-refractivity contribution >= 4 is 44.4 Å². The van der Waals surface area contributed by atoms with Gasteiger partial charge < -0.3 is 25.2 Å². The number of hydrogen-bond donors (Lipinski definition) is 2. The molecule has 2 fully saturated rings. The summed E-state index contributed by atoms with van der Waals surface area (Å²) in [5, 5.41) is 6.59. The quantitative estimate of drug-likeness (QED) is 0.402. The van der Waals surface area contributed by atoms with Crippen molar-refractivity contribution in [2.24, 2.45) is 0 Å². The molecule has 0 bridgehead atoms. The fourth-order valence-corrected chi connectivity index (χ4v) is 8.79. The van der Waals surface area contributed by atoms with E-state index in [0.717, 1.165) is 30.4 Å². The third kappa shape index (κ3) is 5.89. The zero-order valence-corrected chi connectivity index (χ0v) is 26.1. The molecule has 2 atom stereocenters. The van der Waals surface area contributed by atoms with E-state index in [2.05, 4.69) is 45.4 Å². The molecule has 15 heteroatoms. The second kappa shape index (κ2) is 11.6. The van der Waals surface area contributed by atoms with E-state index in [1.54, 1.807) is 0 Å². The highest BCUT2D eigenvalue weighted by Crippen LogP contribution is 2.42. The normalized spacial score (nSPS) is 22.4. The molecule has 2 N–H and O–H groups in total. The Morgan fingerprint density at radius 3 is 2.52 bits per heavy atom. The number of nitrogens with zero attached hydrogens (tertiary/aromatic N) is 4. The Morgan fingerprint density at radius 1 is 1.16 bits per heavy atom. The van der Waals surface area contributed by atoms with Crippen LogP contribution in [0.15, 0.2) is 35.4 Å². The topological polar surface area (TPSA) is 117 Å². The molecule has 0 radical (unpaired) electrons. The van der Waals surface area contributed by atoms with Gasteiger partial charge in [0.25, 0.3) is 5.91 Å². The predicted molar refractivity (Wildman–Crippen MR) is 161 cm³/mol. The van der Waals surface area contributed by atoms with E-state index in [4.69, 9.17) is 4.74 Å². The molecule has 3 aromatic rings. The number of rotatable bonds is 6. The van der Waals surface area contributed by atoms with Crippen LogP contribution in [-0.2, 0) is 27.2 Å². The molecule has 3 aliphatic rings. The number of halogens is 3. The molecule has 3 aliphatic heterocycles. The van der Waals surface area contributed by atoms with Crippen molar-refractivity contribution in [1.29, 1.82) is 0 Å². The number of piperazine rings is 1. The van der Waals surface area contributed by atoms with E-state index in [9.17, 15) is 26.4 Å². The minimum Gasteiger partial charge on any atom is -0.377 e. The molecule has 0 spiro atoms. The molecule has 236 valence electrons. The van der Waals surface area contributed by atoms with Gasteiger partial charge in [0, 0.05) is 49.3 Å². The van der Waals surface area contributed by atoms with Gasteiger partial charge in [0.2, 0.25) is 5.95 Å². The molecule has 44 heavy (non-hydrogen) atoms. The van der Waals surface area contributed by atoms with Gasteiger partial charge in [-0.1, -0.05) is 6.92 Å². The smallest absolute Gasteiger partial charge is 0.377 e. The summed E-state index contributed by atoms with van der Waals surface area (Å²) in [6.07, 6.45) is -3.48. The molecule has 10 nitrogen and oxygen atoms in total. The maximum Gasteiger partial charge on any atom is 0.420 e. The number of alkyl halides is 3. The molecule has 5 heterocycles. The van der Waals surface area contributed by atoms with Gasteiger partial charge in [0.05, 0.1) is 40.5 Å². The average Bonchev–Trinajstić information content (AvgIpc) is 3.36. The van der Waals surface area contributed by atoms with Crippen LogP contribution in [0.4, 0.5) is 30.5 Å². The first-order chi connectivity index (χ1) is 20.8. The van der Waals surface area contributed by atoms with E-state index >= 15 is 0 Å². The number of ether oxygens (including phenoxy) is 1. The van der Waals surface area contributed by atoms with Crippen molar-refractivity contribution in [3.8, 4) is 10.6 Å². The number of anilines is 3.